The lowest BCUT2D eigenvalue weighted by molar-refractivity contribution is -0.174. The van der Waals surface area contributed by atoms with Crippen LogP contribution in [0.3, 0.4) is 0 Å². The van der Waals surface area contributed by atoms with Crippen LogP contribution in [0.1, 0.15) is 45.4 Å². The SMILES string of the molecule is CCCNC(CCCCOCC(F)(F)F)C1CC1. The third-order valence-electron chi connectivity index (χ3n) is 3.17. The molecule has 1 atom stereocenters. The van der Waals surface area contributed by atoms with E-state index >= 15 is 0 Å². The Morgan fingerprint density at radius 2 is 2.00 bits per heavy atom. The van der Waals surface area contributed by atoms with E-state index in [0.29, 0.717) is 12.5 Å². The highest BCUT2D eigenvalue weighted by atomic mass is 19.4. The molecular formula is C13H24F3NO. The third kappa shape index (κ3) is 7.93. The molecule has 18 heavy (non-hydrogen) atoms. The summed E-state index contributed by atoms with van der Waals surface area (Å²) in [4.78, 5) is 0. The van der Waals surface area contributed by atoms with Crippen molar-refractivity contribution in [2.24, 2.45) is 5.92 Å². The topological polar surface area (TPSA) is 21.3 Å². The van der Waals surface area contributed by atoms with E-state index in [1.807, 2.05) is 0 Å². The summed E-state index contributed by atoms with van der Waals surface area (Å²) < 4.78 is 40.0. The van der Waals surface area contributed by atoms with Crippen LogP contribution >= 0.6 is 0 Å². The summed E-state index contributed by atoms with van der Waals surface area (Å²) in [6.07, 6.45) is 2.23. The van der Waals surface area contributed by atoms with Crippen molar-refractivity contribution in [2.75, 3.05) is 19.8 Å². The van der Waals surface area contributed by atoms with Gasteiger partial charge in [-0.25, -0.2) is 0 Å². The van der Waals surface area contributed by atoms with Crippen molar-refractivity contribution in [1.82, 2.24) is 5.32 Å². The van der Waals surface area contributed by atoms with Gasteiger partial charge >= 0.3 is 6.18 Å². The second-order valence-corrected chi connectivity index (χ2v) is 5.06. The Bertz CT molecular complexity index is 217. The van der Waals surface area contributed by atoms with Gasteiger partial charge in [-0.3, -0.25) is 0 Å². The van der Waals surface area contributed by atoms with Crippen molar-refractivity contribution in [3.8, 4) is 0 Å². The minimum atomic E-state index is -4.20. The molecule has 0 saturated heterocycles. The molecule has 0 radical (unpaired) electrons. The molecule has 0 spiro atoms. The van der Waals surface area contributed by atoms with Crippen LogP contribution in [-0.4, -0.2) is 32.0 Å². The fourth-order valence-corrected chi connectivity index (χ4v) is 2.09. The van der Waals surface area contributed by atoms with Crippen LogP contribution in [-0.2, 0) is 4.74 Å². The average Bonchev–Trinajstić information content (AvgIpc) is 3.09. The Kier molecular flexibility index (Phi) is 7.00. The number of rotatable bonds is 10. The van der Waals surface area contributed by atoms with Crippen LogP contribution < -0.4 is 5.32 Å². The maximum atomic E-state index is 11.8. The van der Waals surface area contributed by atoms with Crippen molar-refractivity contribution in [2.45, 2.75) is 57.7 Å². The second kappa shape index (κ2) is 8.00. The lowest BCUT2D eigenvalue weighted by atomic mass is 10.1. The van der Waals surface area contributed by atoms with E-state index in [9.17, 15) is 13.2 Å². The maximum Gasteiger partial charge on any atom is 0.411 e. The molecule has 1 N–H and O–H groups in total. The highest BCUT2D eigenvalue weighted by Crippen LogP contribution is 2.34. The standard InChI is InChI=1S/C13H24F3NO/c1-2-8-17-12(11-6-7-11)5-3-4-9-18-10-13(14,15)16/h11-12,17H,2-10H2,1H3. The lowest BCUT2D eigenvalue weighted by Crippen LogP contribution is -2.31. The van der Waals surface area contributed by atoms with Crippen LogP contribution in [0.15, 0.2) is 0 Å². The first kappa shape index (κ1) is 15.8. The number of hydrogen-bond acceptors (Lipinski definition) is 2. The normalized spacial score (nSPS) is 18.0. The van der Waals surface area contributed by atoms with Gasteiger partial charge in [0.1, 0.15) is 6.61 Å². The quantitative estimate of drug-likeness (QED) is 0.612. The summed E-state index contributed by atoms with van der Waals surface area (Å²) in [5.74, 6) is 0.799. The van der Waals surface area contributed by atoms with E-state index in [2.05, 4.69) is 17.0 Å². The summed E-state index contributed by atoms with van der Waals surface area (Å²) in [7, 11) is 0. The third-order valence-corrected chi connectivity index (χ3v) is 3.17. The molecule has 1 fully saturated rings. The van der Waals surface area contributed by atoms with Crippen LogP contribution in [0.2, 0.25) is 0 Å². The number of hydrogen-bond donors (Lipinski definition) is 1. The van der Waals surface area contributed by atoms with Crippen molar-refractivity contribution in [1.29, 1.82) is 0 Å². The largest absolute Gasteiger partial charge is 0.411 e. The molecule has 0 amide bonds. The van der Waals surface area contributed by atoms with Crippen LogP contribution in [0, 0.1) is 5.92 Å². The van der Waals surface area contributed by atoms with Gasteiger partial charge in [0.25, 0.3) is 0 Å². The minimum absolute atomic E-state index is 0.213. The Labute approximate surface area is 107 Å². The van der Waals surface area contributed by atoms with Gasteiger partial charge in [0, 0.05) is 12.6 Å². The van der Waals surface area contributed by atoms with E-state index in [-0.39, 0.29) is 6.61 Å². The number of nitrogens with one attached hydrogen (secondary N) is 1. The van der Waals surface area contributed by atoms with Crippen molar-refractivity contribution in [3.05, 3.63) is 0 Å². The van der Waals surface area contributed by atoms with Gasteiger partial charge in [0.2, 0.25) is 0 Å². The lowest BCUT2D eigenvalue weighted by Gasteiger charge is -2.17. The highest BCUT2D eigenvalue weighted by Gasteiger charge is 2.30. The number of ether oxygens (including phenoxy) is 1. The predicted octanol–water partition coefficient (Wildman–Crippen LogP) is 3.51. The van der Waals surface area contributed by atoms with E-state index in [0.717, 1.165) is 31.7 Å². The van der Waals surface area contributed by atoms with E-state index < -0.39 is 12.8 Å². The average molecular weight is 267 g/mol. The van der Waals surface area contributed by atoms with Gasteiger partial charge in [-0.2, -0.15) is 13.2 Å². The van der Waals surface area contributed by atoms with Crippen molar-refractivity contribution in [3.63, 3.8) is 0 Å². The predicted molar refractivity (Wildman–Crippen MR) is 65.5 cm³/mol. The van der Waals surface area contributed by atoms with Gasteiger partial charge in [0.15, 0.2) is 0 Å². The van der Waals surface area contributed by atoms with Gasteiger partial charge in [-0.15, -0.1) is 0 Å². The molecule has 0 aromatic heterocycles. The summed E-state index contributed by atoms with van der Waals surface area (Å²) in [6, 6.07) is 0.563. The van der Waals surface area contributed by atoms with Crippen LogP contribution in [0.25, 0.3) is 0 Å². The molecule has 1 saturated carbocycles. The summed E-state index contributed by atoms with van der Waals surface area (Å²) in [5, 5.41) is 3.53. The molecular weight excluding hydrogens is 243 g/mol. The molecule has 2 nitrogen and oxygen atoms in total. The van der Waals surface area contributed by atoms with Gasteiger partial charge in [0.05, 0.1) is 0 Å². The molecule has 5 heteroatoms. The molecule has 1 aliphatic rings. The van der Waals surface area contributed by atoms with E-state index in [4.69, 9.17) is 0 Å². The number of alkyl halides is 3. The molecule has 1 rings (SSSR count). The fraction of sp³-hybridized carbons (Fsp3) is 1.00. The van der Waals surface area contributed by atoms with E-state index in [1.165, 1.54) is 12.8 Å². The Morgan fingerprint density at radius 1 is 1.28 bits per heavy atom. The molecule has 0 aromatic carbocycles. The molecule has 1 unspecified atom stereocenters. The van der Waals surface area contributed by atoms with E-state index in [1.54, 1.807) is 0 Å². The Morgan fingerprint density at radius 3 is 2.56 bits per heavy atom. The zero-order valence-electron chi connectivity index (χ0n) is 11.1. The molecule has 1 aliphatic carbocycles. The first-order valence-electron chi connectivity index (χ1n) is 6.91. The van der Waals surface area contributed by atoms with Gasteiger partial charge < -0.3 is 10.1 Å². The first-order valence-corrected chi connectivity index (χ1v) is 6.91. The second-order valence-electron chi connectivity index (χ2n) is 5.06. The van der Waals surface area contributed by atoms with Crippen LogP contribution in [0.4, 0.5) is 13.2 Å². The Hall–Kier alpha value is -0.290. The fourth-order valence-electron chi connectivity index (χ4n) is 2.09. The number of unbranched alkanes of at least 4 members (excludes halogenated alkanes) is 1. The Balaban J connectivity index is 1.98. The number of halogens is 3. The highest BCUT2D eigenvalue weighted by molar-refractivity contribution is 4.86. The maximum absolute atomic E-state index is 11.8. The molecule has 0 bridgehead atoms. The van der Waals surface area contributed by atoms with Crippen molar-refractivity contribution >= 4 is 0 Å². The molecule has 108 valence electrons. The molecule has 0 aromatic rings. The summed E-state index contributed by atoms with van der Waals surface area (Å²) in [6.45, 7) is 2.27. The molecule has 0 heterocycles. The summed E-state index contributed by atoms with van der Waals surface area (Å²) >= 11 is 0. The monoisotopic (exact) mass is 267 g/mol. The summed E-state index contributed by atoms with van der Waals surface area (Å²) in [5.41, 5.74) is 0. The van der Waals surface area contributed by atoms with Gasteiger partial charge in [-0.05, 0) is 51.0 Å². The molecule has 0 aliphatic heterocycles. The smallest absolute Gasteiger partial charge is 0.372 e. The zero-order chi connectivity index (χ0) is 13.4. The van der Waals surface area contributed by atoms with Crippen LogP contribution in [0.5, 0.6) is 0 Å². The zero-order valence-corrected chi connectivity index (χ0v) is 11.1. The first-order chi connectivity index (χ1) is 8.53. The minimum Gasteiger partial charge on any atom is -0.372 e. The van der Waals surface area contributed by atoms with Crippen molar-refractivity contribution < 1.29 is 17.9 Å². The van der Waals surface area contributed by atoms with Gasteiger partial charge in [-0.1, -0.05) is 6.92 Å².